The predicted molar refractivity (Wildman–Crippen MR) is 127 cm³/mol. The summed E-state index contributed by atoms with van der Waals surface area (Å²) >= 11 is 0. The molecule has 1 aromatic carbocycles. The third-order valence-electron chi connectivity index (χ3n) is 6.22. The average molecular weight is 490 g/mol. The van der Waals surface area contributed by atoms with Gasteiger partial charge in [0.25, 0.3) is 0 Å². The molecule has 1 aliphatic carbocycles. The summed E-state index contributed by atoms with van der Waals surface area (Å²) in [6.45, 7) is 2.00. The van der Waals surface area contributed by atoms with Crippen LogP contribution in [0.1, 0.15) is 32.6 Å². The fraction of sp³-hybridized carbons (Fsp3) is 0.435. The molecule has 1 aliphatic heterocycles. The van der Waals surface area contributed by atoms with Crippen molar-refractivity contribution in [3.8, 4) is 0 Å². The molecule has 2 aliphatic rings. The molecule has 0 amide bonds. The molecule has 2 atom stereocenters. The second-order valence-electron chi connectivity index (χ2n) is 8.91. The first kappa shape index (κ1) is 24.2. The van der Waals surface area contributed by atoms with E-state index in [0.29, 0.717) is 5.82 Å². The maximum Gasteiger partial charge on any atom is 0.186 e. The minimum Gasteiger partial charge on any atom is -0.366 e. The summed E-state index contributed by atoms with van der Waals surface area (Å²) in [6.07, 6.45) is 8.22. The molecule has 4 rings (SSSR count). The summed E-state index contributed by atoms with van der Waals surface area (Å²) in [5.41, 5.74) is 7.70. The molecule has 2 aromatic rings. The zero-order chi connectivity index (χ0) is 24.5. The number of nitrogens with one attached hydrogen (secondary N) is 2. The van der Waals surface area contributed by atoms with Crippen LogP contribution in [0.15, 0.2) is 56.9 Å². The summed E-state index contributed by atoms with van der Waals surface area (Å²) in [4.78, 5) is 15.3. The van der Waals surface area contributed by atoms with E-state index >= 15 is 0 Å². The molecule has 1 aromatic heterocycles. The SMILES string of the molecule is CC1=C(N(C)C)NC(N)(C2CCC(Nc3cncc(S(=O)c4ccc(F)c(F)c4)n3)CC2)N=C1. The molecule has 4 N–H and O–H groups in total. The first-order valence-corrected chi connectivity index (χ1v) is 12.3. The summed E-state index contributed by atoms with van der Waals surface area (Å²) in [7, 11) is 2.17. The molecular formula is C23H29F2N7OS. The largest absolute Gasteiger partial charge is 0.366 e. The highest BCUT2D eigenvalue weighted by atomic mass is 32.2. The molecule has 182 valence electrons. The van der Waals surface area contributed by atoms with Gasteiger partial charge in [0.1, 0.15) is 22.4 Å². The lowest BCUT2D eigenvalue weighted by molar-refractivity contribution is 0.166. The van der Waals surface area contributed by atoms with Gasteiger partial charge in [-0.1, -0.05) is 0 Å². The van der Waals surface area contributed by atoms with Crippen molar-refractivity contribution in [1.29, 1.82) is 0 Å². The number of hydrogen-bond donors (Lipinski definition) is 3. The number of anilines is 1. The molecule has 1 fully saturated rings. The van der Waals surface area contributed by atoms with Gasteiger partial charge in [0.2, 0.25) is 0 Å². The number of aromatic nitrogens is 2. The fourth-order valence-corrected chi connectivity index (χ4v) is 5.35. The lowest BCUT2D eigenvalue weighted by Crippen LogP contribution is -2.61. The maximum atomic E-state index is 13.5. The van der Waals surface area contributed by atoms with Crippen LogP contribution < -0.4 is 16.4 Å². The quantitative estimate of drug-likeness (QED) is 0.572. The molecule has 0 bridgehead atoms. The Balaban J connectivity index is 1.38. The van der Waals surface area contributed by atoms with E-state index in [1.54, 1.807) is 6.20 Å². The lowest BCUT2D eigenvalue weighted by atomic mass is 9.81. The van der Waals surface area contributed by atoms with E-state index in [1.807, 2.05) is 32.1 Å². The Morgan fingerprint density at radius 3 is 2.59 bits per heavy atom. The van der Waals surface area contributed by atoms with E-state index in [-0.39, 0.29) is 21.9 Å². The van der Waals surface area contributed by atoms with Crippen molar-refractivity contribution >= 4 is 22.8 Å². The minimum atomic E-state index is -1.78. The van der Waals surface area contributed by atoms with Crippen LogP contribution in [0.25, 0.3) is 0 Å². The number of aliphatic imine (C=N–C) groups is 1. The van der Waals surface area contributed by atoms with Crippen molar-refractivity contribution in [2.24, 2.45) is 16.6 Å². The van der Waals surface area contributed by atoms with Crippen LogP contribution in [-0.2, 0) is 10.8 Å². The van der Waals surface area contributed by atoms with E-state index in [4.69, 9.17) is 5.73 Å². The van der Waals surface area contributed by atoms with E-state index in [1.165, 1.54) is 12.3 Å². The van der Waals surface area contributed by atoms with E-state index in [0.717, 1.165) is 49.2 Å². The number of nitrogens with two attached hydrogens (primary N) is 1. The van der Waals surface area contributed by atoms with Crippen molar-refractivity contribution in [2.45, 2.75) is 54.4 Å². The van der Waals surface area contributed by atoms with Crippen LogP contribution >= 0.6 is 0 Å². The normalized spacial score (nSPS) is 25.6. The Hall–Kier alpha value is -2.92. The van der Waals surface area contributed by atoms with Crippen molar-refractivity contribution in [3.63, 3.8) is 0 Å². The van der Waals surface area contributed by atoms with E-state index in [9.17, 15) is 13.0 Å². The zero-order valence-electron chi connectivity index (χ0n) is 19.4. The van der Waals surface area contributed by atoms with Crippen molar-refractivity contribution < 1.29 is 13.0 Å². The van der Waals surface area contributed by atoms with Gasteiger partial charge in [0.05, 0.1) is 12.4 Å². The first-order chi connectivity index (χ1) is 16.2. The number of hydrogen-bond acceptors (Lipinski definition) is 8. The molecule has 0 spiro atoms. The van der Waals surface area contributed by atoms with Crippen LogP contribution in [-0.4, -0.2) is 51.2 Å². The van der Waals surface area contributed by atoms with E-state index in [2.05, 4.69) is 25.6 Å². The van der Waals surface area contributed by atoms with Gasteiger partial charge in [-0.15, -0.1) is 0 Å². The molecule has 11 heteroatoms. The molecule has 8 nitrogen and oxygen atoms in total. The van der Waals surface area contributed by atoms with Gasteiger partial charge >= 0.3 is 0 Å². The Bertz CT molecular complexity index is 1150. The van der Waals surface area contributed by atoms with Crippen molar-refractivity contribution in [2.75, 3.05) is 19.4 Å². The molecular weight excluding hydrogens is 460 g/mol. The van der Waals surface area contributed by atoms with Crippen LogP contribution in [0.4, 0.5) is 14.6 Å². The van der Waals surface area contributed by atoms with Gasteiger partial charge in [-0.3, -0.25) is 15.7 Å². The third kappa shape index (κ3) is 5.10. The first-order valence-electron chi connectivity index (χ1n) is 11.1. The molecule has 34 heavy (non-hydrogen) atoms. The summed E-state index contributed by atoms with van der Waals surface area (Å²) < 4.78 is 39.5. The zero-order valence-corrected chi connectivity index (χ0v) is 20.2. The second-order valence-corrected chi connectivity index (χ2v) is 10.3. The van der Waals surface area contributed by atoms with Gasteiger partial charge in [-0.25, -0.2) is 18.0 Å². The standard InChI is InChI=1S/C23H29F2N7OS/c1-14-11-28-23(26,31-22(14)32(2)3)15-4-6-16(7-5-15)29-20-12-27-13-21(30-20)34(33)17-8-9-18(24)19(25)10-17/h8-13,15-16,31H,4-7,26H2,1-3H3,(H,29,30). The van der Waals surface area contributed by atoms with Gasteiger partial charge < -0.3 is 15.5 Å². The van der Waals surface area contributed by atoms with Gasteiger partial charge in [0.15, 0.2) is 22.4 Å². The Kier molecular flexibility index (Phi) is 6.94. The van der Waals surface area contributed by atoms with Crippen LogP contribution in [0.2, 0.25) is 0 Å². The van der Waals surface area contributed by atoms with Crippen molar-refractivity contribution in [3.05, 3.63) is 53.6 Å². The summed E-state index contributed by atoms with van der Waals surface area (Å²) in [5, 5.41) is 6.94. The lowest BCUT2D eigenvalue weighted by Gasteiger charge is -2.43. The van der Waals surface area contributed by atoms with Crippen LogP contribution in [0, 0.1) is 17.6 Å². The molecule has 0 radical (unpaired) electrons. The molecule has 2 unspecified atom stereocenters. The number of benzene rings is 1. The number of nitrogens with zero attached hydrogens (tertiary/aromatic N) is 4. The third-order valence-corrected chi connectivity index (χ3v) is 7.48. The Labute approximate surface area is 200 Å². The van der Waals surface area contributed by atoms with Gasteiger partial charge in [-0.05, 0) is 50.8 Å². The van der Waals surface area contributed by atoms with Gasteiger partial charge in [-0.2, -0.15) is 0 Å². The van der Waals surface area contributed by atoms with E-state index < -0.39 is 28.2 Å². The second kappa shape index (κ2) is 9.75. The Morgan fingerprint density at radius 2 is 1.91 bits per heavy atom. The van der Waals surface area contributed by atoms with Crippen LogP contribution in [0.3, 0.4) is 0 Å². The minimum absolute atomic E-state index is 0.126. The predicted octanol–water partition coefficient (Wildman–Crippen LogP) is 2.97. The van der Waals surface area contributed by atoms with Gasteiger partial charge in [0, 0.05) is 42.7 Å². The molecule has 2 heterocycles. The number of rotatable bonds is 6. The highest BCUT2D eigenvalue weighted by Gasteiger charge is 2.39. The fourth-order valence-electron chi connectivity index (χ4n) is 4.36. The highest BCUT2D eigenvalue weighted by Crippen LogP contribution is 2.34. The topological polar surface area (TPSA) is 109 Å². The summed E-state index contributed by atoms with van der Waals surface area (Å²) in [5.74, 6) is -1.26. The molecule has 0 saturated heterocycles. The Morgan fingerprint density at radius 1 is 1.18 bits per heavy atom. The smallest absolute Gasteiger partial charge is 0.186 e. The maximum absolute atomic E-state index is 13.5. The summed E-state index contributed by atoms with van der Waals surface area (Å²) in [6, 6.07) is 3.29. The van der Waals surface area contributed by atoms with Crippen molar-refractivity contribution in [1.82, 2.24) is 20.2 Å². The monoisotopic (exact) mass is 489 g/mol. The highest BCUT2D eigenvalue weighted by molar-refractivity contribution is 7.85. The van der Waals surface area contributed by atoms with Crippen LogP contribution in [0.5, 0.6) is 0 Å². The number of halogens is 2. The molecule has 1 saturated carbocycles. The number of allylic oxidation sites excluding steroid dienone is 1. The average Bonchev–Trinajstić information content (AvgIpc) is 2.82.